The van der Waals surface area contributed by atoms with Gasteiger partial charge in [-0.1, -0.05) is 42.5 Å². The summed E-state index contributed by atoms with van der Waals surface area (Å²) in [5, 5.41) is 0. The van der Waals surface area contributed by atoms with E-state index in [1.807, 2.05) is 42.2 Å². The Balaban J connectivity index is 1.42. The molecule has 2 fully saturated rings. The second kappa shape index (κ2) is 9.94. The van der Waals surface area contributed by atoms with E-state index in [2.05, 4.69) is 36.1 Å². The van der Waals surface area contributed by atoms with Crippen molar-refractivity contribution in [3.05, 3.63) is 65.7 Å². The van der Waals surface area contributed by atoms with Gasteiger partial charge < -0.3 is 14.4 Å². The molecule has 2 aliphatic heterocycles. The fourth-order valence-corrected chi connectivity index (χ4v) is 4.87. The van der Waals surface area contributed by atoms with Crippen LogP contribution in [0, 0.1) is 6.92 Å². The number of aryl methyl sites for hydroxylation is 1. The molecule has 0 saturated carbocycles. The molecule has 2 atom stereocenters. The molecule has 1 spiro atoms. The lowest BCUT2D eigenvalue weighted by Gasteiger charge is -2.45. The van der Waals surface area contributed by atoms with Crippen molar-refractivity contribution in [3.63, 3.8) is 0 Å². The number of hydrogen-bond acceptors (Lipinski definition) is 4. The van der Waals surface area contributed by atoms with Crippen LogP contribution in [0.5, 0.6) is 0 Å². The van der Waals surface area contributed by atoms with Crippen molar-refractivity contribution in [2.45, 2.75) is 51.4 Å². The lowest BCUT2D eigenvalue weighted by atomic mass is 9.85. The van der Waals surface area contributed by atoms with Gasteiger partial charge in [0.05, 0.1) is 24.9 Å². The van der Waals surface area contributed by atoms with Crippen LogP contribution in [0.1, 0.15) is 37.3 Å². The molecule has 0 unspecified atom stereocenters. The Morgan fingerprint density at radius 2 is 2.03 bits per heavy atom. The molecular formula is C26H34N2O3. The van der Waals surface area contributed by atoms with E-state index in [4.69, 9.17) is 9.47 Å². The van der Waals surface area contributed by atoms with Crippen molar-refractivity contribution in [1.82, 2.24) is 4.90 Å². The van der Waals surface area contributed by atoms with Crippen LogP contribution in [-0.2, 0) is 20.9 Å². The Hall–Kier alpha value is -2.21. The quantitative estimate of drug-likeness (QED) is 0.671. The Labute approximate surface area is 185 Å². The van der Waals surface area contributed by atoms with Crippen molar-refractivity contribution in [2.75, 3.05) is 37.7 Å². The zero-order chi connectivity index (χ0) is 21.7. The molecule has 31 heavy (non-hydrogen) atoms. The van der Waals surface area contributed by atoms with Crippen LogP contribution in [0.2, 0.25) is 0 Å². The normalized spacial score (nSPS) is 23.9. The Morgan fingerprint density at radius 1 is 1.19 bits per heavy atom. The molecule has 166 valence electrons. The number of likely N-dealkylation sites (N-methyl/N-ethyl adjacent to an activating group) is 1. The van der Waals surface area contributed by atoms with Gasteiger partial charge in [-0.2, -0.15) is 0 Å². The molecule has 5 nitrogen and oxygen atoms in total. The molecule has 2 aromatic carbocycles. The molecular weight excluding hydrogens is 388 g/mol. The van der Waals surface area contributed by atoms with Crippen LogP contribution in [0.15, 0.2) is 54.6 Å². The van der Waals surface area contributed by atoms with E-state index in [0.29, 0.717) is 19.7 Å². The van der Waals surface area contributed by atoms with Crippen LogP contribution < -0.4 is 4.90 Å². The summed E-state index contributed by atoms with van der Waals surface area (Å²) in [6.07, 6.45) is 3.02. The predicted octanol–water partition coefficient (Wildman–Crippen LogP) is 4.19. The molecule has 0 N–H and O–H groups in total. The first-order valence-electron chi connectivity index (χ1n) is 11.5. The standard InChI is InChI=1S/C26H34N2O3/c1-3-28(23-12-7-9-21(2)17-23)25(29)19-27-15-14-26(13-8-16-31-26)24(18-27)30-20-22-10-5-4-6-11-22/h4-7,9-12,17,24H,3,8,13-16,18-20H2,1-2H3/t24-,26-/m0/s1. The van der Waals surface area contributed by atoms with Crippen molar-refractivity contribution in [3.8, 4) is 0 Å². The summed E-state index contributed by atoms with van der Waals surface area (Å²) in [6.45, 7) is 8.13. The highest BCUT2D eigenvalue weighted by atomic mass is 16.6. The second-order valence-corrected chi connectivity index (χ2v) is 8.76. The zero-order valence-electron chi connectivity index (χ0n) is 18.8. The maximum atomic E-state index is 13.2. The monoisotopic (exact) mass is 422 g/mol. The van der Waals surface area contributed by atoms with Crippen LogP contribution in [0.4, 0.5) is 5.69 Å². The molecule has 4 rings (SSSR count). The van der Waals surface area contributed by atoms with Crippen LogP contribution in [0.25, 0.3) is 0 Å². The minimum absolute atomic E-state index is 0.0224. The number of carbonyl (C=O) groups is 1. The van der Waals surface area contributed by atoms with Gasteiger partial charge in [0.25, 0.3) is 0 Å². The van der Waals surface area contributed by atoms with Crippen LogP contribution in [-0.4, -0.2) is 55.3 Å². The summed E-state index contributed by atoms with van der Waals surface area (Å²) in [5.74, 6) is 0.137. The van der Waals surface area contributed by atoms with E-state index in [0.717, 1.165) is 50.2 Å². The Kier molecular flexibility index (Phi) is 7.06. The SMILES string of the molecule is CCN(C(=O)CN1CC[C@@]2(CCCO2)[C@@H](OCc2ccccc2)C1)c1cccc(C)c1. The third-order valence-corrected chi connectivity index (χ3v) is 6.58. The first kappa shape index (κ1) is 22.0. The highest BCUT2D eigenvalue weighted by molar-refractivity contribution is 5.94. The number of likely N-dealkylation sites (tertiary alicyclic amines) is 1. The van der Waals surface area contributed by atoms with E-state index in [1.165, 1.54) is 5.56 Å². The lowest BCUT2D eigenvalue weighted by Crippen LogP contribution is -2.57. The van der Waals surface area contributed by atoms with Gasteiger partial charge in [0.2, 0.25) is 5.91 Å². The highest BCUT2D eigenvalue weighted by Crippen LogP contribution is 2.38. The van der Waals surface area contributed by atoms with Crippen LogP contribution in [0.3, 0.4) is 0 Å². The lowest BCUT2D eigenvalue weighted by molar-refractivity contribution is -0.160. The predicted molar refractivity (Wildman–Crippen MR) is 123 cm³/mol. The molecule has 0 bridgehead atoms. The number of benzene rings is 2. The van der Waals surface area contributed by atoms with Gasteiger partial charge in [0.1, 0.15) is 0 Å². The molecule has 0 radical (unpaired) electrons. The summed E-state index contributed by atoms with van der Waals surface area (Å²) >= 11 is 0. The fourth-order valence-electron chi connectivity index (χ4n) is 4.87. The number of ether oxygens (including phenoxy) is 2. The summed E-state index contributed by atoms with van der Waals surface area (Å²) in [7, 11) is 0. The molecule has 2 aliphatic rings. The second-order valence-electron chi connectivity index (χ2n) is 8.76. The number of rotatable bonds is 7. The van der Waals surface area contributed by atoms with E-state index < -0.39 is 0 Å². The van der Waals surface area contributed by atoms with Crippen molar-refractivity contribution in [2.24, 2.45) is 0 Å². The first-order chi connectivity index (χ1) is 15.1. The molecule has 2 saturated heterocycles. The molecule has 5 heteroatoms. The summed E-state index contributed by atoms with van der Waals surface area (Å²) < 4.78 is 12.7. The van der Waals surface area contributed by atoms with E-state index >= 15 is 0 Å². The van der Waals surface area contributed by atoms with E-state index in [-0.39, 0.29) is 17.6 Å². The number of nitrogens with zero attached hydrogens (tertiary/aromatic N) is 2. The van der Waals surface area contributed by atoms with Crippen molar-refractivity contribution in [1.29, 1.82) is 0 Å². The van der Waals surface area contributed by atoms with Gasteiger partial charge >= 0.3 is 0 Å². The average Bonchev–Trinajstić information content (AvgIpc) is 3.25. The van der Waals surface area contributed by atoms with Crippen molar-refractivity contribution < 1.29 is 14.3 Å². The number of hydrogen-bond donors (Lipinski definition) is 0. The van der Waals surface area contributed by atoms with Gasteiger partial charge in [0.15, 0.2) is 0 Å². The van der Waals surface area contributed by atoms with Gasteiger partial charge in [-0.15, -0.1) is 0 Å². The van der Waals surface area contributed by atoms with Gasteiger partial charge in [0, 0.05) is 31.9 Å². The third kappa shape index (κ3) is 5.17. The molecule has 0 aromatic heterocycles. The van der Waals surface area contributed by atoms with E-state index in [1.54, 1.807) is 0 Å². The van der Waals surface area contributed by atoms with Crippen molar-refractivity contribution >= 4 is 11.6 Å². The average molecular weight is 423 g/mol. The number of piperidine rings is 1. The smallest absolute Gasteiger partial charge is 0.241 e. The fraction of sp³-hybridized carbons (Fsp3) is 0.500. The van der Waals surface area contributed by atoms with Gasteiger partial charge in [-0.25, -0.2) is 0 Å². The largest absolute Gasteiger partial charge is 0.372 e. The number of amides is 1. The van der Waals surface area contributed by atoms with E-state index in [9.17, 15) is 4.79 Å². The summed E-state index contributed by atoms with van der Waals surface area (Å²) in [5.41, 5.74) is 3.10. The minimum atomic E-state index is -0.199. The Bertz CT molecular complexity index is 864. The molecule has 2 heterocycles. The number of carbonyl (C=O) groups excluding carboxylic acids is 1. The minimum Gasteiger partial charge on any atom is -0.372 e. The maximum absolute atomic E-state index is 13.2. The first-order valence-corrected chi connectivity index (χ1v) is 11.5. The van der Waals surface area contributed by atoms with Crippen LogP contribution >= 0.6 is 0 Å². The van der Waals surface area contributed by atoms with Gasteiger partial charge in [-0.05, 0) is 56.4 Å². The summed E-state index contributed by atoms with van der Waals surface area (Å²) in [6, 6.07) is 18.4. The van der Waals surface area contributed by atoms with Gasteiger partial charge in [-0.3, -0.25) is 9.69 Å². The topological polar surface area (TPSA) is 42.0 Å². The molecule has 1 amide bonds. The molecule has 0 aliphatic carbocycles. The zero-order valence-corrected chi connectivity index (χ0v) is 18.8. The summed E-state index contributed by atoms with van der Waals surface area (Å²) in [4.78, 5) is 17.3. The maximum Gasteiger partial charge on any atom is 0.241 e. The highest BCUT2D eigenvalue weighted by Gasteiger charge is 2.47. The third-order valence-electron chi connectivity index (χ3n) is 6.58. The number of anilines is 1. The molecule has 2 aromatic rings. The Morgan fingerprint density at radius 3 is 2.74 bits per heavy atom.